The molecule has 0 aliphatic heterocycles. The van der Waals surface area contributed by atoms with E-state index in [0.717, 1.165) is 6.07 Å². The predicted molar refractivity (Wildman–Crippen MR) is 60.9 cm³/mol. The number of benzene rings is 1. The Kier molecular flexibility index (Phi) is 5.90. The third kappa shape index (κ3) is 3.21. The Bertz CT molecular complexity index is 336. The van der Waals surface area contributed by atoms with Gasteiger partial charge < -0.3 is 16.6 Å². The molecule has 0 aliphatic carbocycles. The van der Waals surface area contributed by atoms with E-state index in [1.165, 1.54) is 6.07 Å². The van der Waals surface area contributed by atoms with E-state index >= 15 is 0 Å². The number of halogens is 3. The lowest BCUT2D eigenvalue weighted by Gasteiger charge is -2.14. The molecule has 1 aromatic rings. The van der Waals surface area contributed by atoms with Gasteiger partial charge in [0.1, 0.15) is 0 Å². The van der Waals surface area contributed by atoms with Crippen molar-refractivity contribution in [1.82, 2.24) is 0 Å². The van der Waals surface area contributed by atoms with Crippen molar-refractivity contribution in [2.24, 2.45) is 11.5 Å². The van der Waals surface area contributed by atoms with Crippen LogP contribution in [0.1, 0.15) is 18.0 Å². The van der Waals surface area contributed by atoms with E-state index in [1.54, 1.807) is 0 Å². The maximum absolute atomic E-state index is 13.0. The van der Waals surface area contributed by atoms with Crippen LogP contribution in [-0.4, -0.2) is 11.7 Å². The van der Waals surface area contributed by atoms with Crippen molar-refractivity contribution in [1.29, 1.82) is 0 Å². The number of aromatic hydroxyl groups is 1. The van der Waals surface area contributed by atoms with Gasteiger partial charge in [0.05, 0.1) is 0 Å². The minimum atomic E-state index is -0.725. The van der Waals surface area contributed by atoms with E-state index in [0.29, 0.717) is 13.0 Å². The van der Waals surface area contributed by atoms with Crippen LogP contribution in [0, 0.1) is 5.82 Å². The van der Waals surface area contributed by atoms with Gasteiger partial charge in [-0.3, -0.25) is 0 Å². The number of phenolic OH excluding ortho intramolecular Hbond substituents is 1. The summed E-state index contributed by atoms with van der Waals surface area (Å²) in [6.07, 6.45) is 0.441. The lowest BCUT2D eigenvalue weighted by atomic mass is 10.0. The molecule has 6 heteroatoms. The zero-order chi connectivity index (χ0) is 10.7. The predicted octanol–water partition coefficient (Wildman–Crippen LogP) is 1.96. The van der Waals surface area contributed by atoms with Crippen molar-refractivity contribution < 1.29 is 9.50 Å². The van der Waals surface area contributed by atoms with Gasteiger partial charge in [-0.05, 0) is 25.1 Å². The summed E-state index contributed by atoms with van der Waals surface area (Å²) in [6.45, 7) is 0.355. The summed E-state index contributed by atoms with van der Waals surface area (Å²) in [7, 11) is 0. The Morgan fingerprint density at radius 3 is 2.60 bits per heavy atom. The summed E-state index contributed by atoms with van der Waals surface area (Å²) in [6, 6.07) is 1.92. The third-order valence-electron chi connectivity index (χ3n) is 1.96. The summed E-state index contributed by atoms with van der Waals surface area (Å²) in [5.74, 6) is -1.21. The van der Waals surface area contributed by atoms with E-state index in [9.17, 15) is 9.50 Å². The van der Waals surface area contributed by atoms with Crippen LogP contribution in [0.2, 0.25) is 5.02 Å². The van der Waals surface area contributed by atoms with Crippen LogP contribution in [0.5, 0.6) is 5.75 Å². The molecule has 0 radical (unpaired) electrons. The summed E-state index contributed by atoms with van der Waals surface area (Å²) >= 11 is 5.78. The van der Waals surface area contributed by atoms with Crippen molar-refractivity contribution in [3.8, 4) is 5.75 Å². The summed E-state index contributed by atoms with van der Waals surface area (Å²) in [4.78, 5) is 0. The lowest BCUT2D eigenvalue weighted by Crippen LogP contribution is -2.16. The highest BCUT2D eigenvalue weighted by molar-refractivity contribution is 6.31. The van der Waals surface area contributed by atoms with Crippen molar-refractivity contribution in [3.63, 3.8) is 0 Å². The Morgan fingerprint density at radius 2 is 2.07 bits per heavy atom. The molecule has 0 heterocycles. The minimum Gasteiger partial charge on any atom is -0.505 e. The molecule has 0 spiro atoms. The average molecular weight is 255 g/mol. The zero-order valence-electron chi connectivity index (χ0n) is 7.91. The Labute approximate surface area is 98.6 Å². The Hall–Kier alpha value is -0.550. The number of hydrogen-bond donors (Lipinski definition) is 3. The van der Waals surface area contributed by atoms with Crippen LogP contribution < -0.4 is 11.5 Å². The molecule has 0 amide bonds. The van der Waals surface area contributed by atoms with Crippen molar-refractivity contribution in [2.45, 2.75) is 12.5 Å². The molecule has 0 fully saturated rings. The van der Waals surface area contributed by atoms with Crippen molar-refractivity contribution >= 4 is 24.0 Å². The molecular formula is C9H13Cl2FN2O. The first-order chi connectivity index (χ1) is 6.57. The molecular weight excluding hydrogens is 242 g/mol. The van der Waals surface area contributed by atoms with Gasteiger partial charge in [0.15, 0.2) is 11.6 Å². The summed E-state index contributed by atoms with van der Waals surface area (Å²) < 4.78 is 13.0. The van der Waals surface area contributed by atoms with Crippen LogP contribution in [0.15, 0.2) is 12.1 Å². The second-order valence-corrected chi connectivity index (χ2v) is 3.38. The summed E-state index contributed by atoms with van der Waals surface area (Å²) in [5, 5.41) is 9.65. The minimum absolute atomic E-state index is 0. The van der Waals surface area contributed by atoms with Crippen LogP contribution in [-0.2, 0) is 0 Å². The molecule has 5 N–H and O–H groups in total. The lowest BCUT2D eigenvalue weighted by molar-refractivity contribution is 0.419. The first kappa shape index (κ1) is 14.5. The second kappa shape index (κ2) is 6.12. The number of hydrogen-bond acceptors (Lipinski definition) is 3. The van der Waals surface area contributed by atoms with Gasteiger partial charge in [0, 0.05) is 16.6 Å². The van der Waals surface area contributed by atoms with E-state index in [2.05, 4.69) is 0 Å². The van der Waals surface area contributed by atoms with Gasteiger partial charge in [0.25, 0.3) is 0 Å². The van der Waals surface area contributed by atoms with E-state index < -0.39 is 17.6 Å². The number of rotatable bonds is 3. The molecule has 0 bridgehead atoms. The molecule has 0 unspecified atom stereocenters. The molecule has 1 atom stereocenters. The molecule has 0 aliphatic rings. The summed E-state index contributed by atoms with van der Waals surface area (Å²) in [5.41, 5.74) is 11.2. The van der Waals surface area contributed by atoms with Crippen molar-refractivity contribution in [3.05, 3.63) is 28.5 Å². The van der Waals surface area contributed by atoms with Crippen LogP contribution in [0.4, 0.5) is 4.39 Å². The second-order valence-electron chi connectivity index (χ2n) is 2.98. The van der Waals surface area contributed by atoms with Crippen LogP contribution >= 0.6 is 24.0 Å². The van der Waals surface area contributed by atoms with Gasteiger partial charge in [-0.1, -0.05) is 11.6 Å². The number of nitrogens with two attached hydrogens (primary N) is 2. The van der Waals surface area contributed by atoms with Gasteiger partial charge in [-0.2, -0.15) is 0 Å². The fraction of sp³-hybridized carbons (Fsp3) is 0.333. The number of phenols is 1. The quantitative estimate of drug-likeness (QED) is 0.773. The fourth-order valence-corrected chi connectivity index (χ4v) is 1.53. The normalized spacial score (nSPS) is 12.0. The molecule has 0 saturated carbocycles. The van der Waals surface area contributed by atoms with E-state index in [-0.39, 0.29) is 23.0 Å². The molecule has 0 aromatic heterocycles. The highest BCUT2D eigenvalue weighted by Gasteiger charge is 2.17. The van der Waals surface area contributed by atoms with Gasteiger partial charge in [-0.15, -0.1) is 12.4 Å². The van der Waals surface area contributed by atoms with Crippen molar-refractivity contribution in [2.75, 3.05) is 6.54 Å². The molecule has 1 rings (SSSR count). The monoisotopic (exact) mass is 254 g/mol. The molecule has 0 saturated heterocycles. The van der Waals surface area contributed by atoms with Gasteiger partial charge >= 0.3 is 0 Å². The average Bonchev–Trinajstić information content (AvgIpc) is 2.13. The maximum Gasteiger partial charge on any atom is 0.165 e. The van der Waals surface area contributed by atoms with Gasteiger partial charge in [-0.25, -0.2) is 4.39 Å². The highest BCUT2D eigenvalue weighted by atomic mass is 35.5. The largest absolute Gasteiger partial charge is 0.505 e. The highest BCUT2D eigenvalue weighted by Crippen LogP contribution is 2.33. The Morgan fingerprint density at radius 1 is 1.47 bits per heavy atom. The first-order valence-electron chi connectivity index (χ1n) is 4.20. The topological polar surface area (TPSA) is 72.3 Å². The van der Waals surface area contributed by atoms with E-state index in [1.807, 2.05) is 0 Å². The van der Waals surface area contributed by atoms with Crippen LogP contribution in [0.25, 0.3) is 0 Å². The first-order valence-corrected chi connectivity index (χ1v) is 4.58. The van der Waals surface area contributed by atoms with Crippen LogP contribution in [0.3, 0.4) is 0 Å². The zero-order valence-corrected chi connectivity index (χ0v) is 9.48. The van der Waals surface area contributed by atoms with Gasteiger partial charge in [0.2, 0.25) is 0 Å². The molecule has 86 valence electrons. The van der Waals surface area contributed by atoms with E-state index in [4.69, 9.17) is 23.1 Å². The molecule has 15 heavy (non-hydrogen) atoms. The SMILES string of the molecule is Cl.NCC[C@@H](N)c1c(Cl)ccc(F)c1O. The standard InChI is InChI=1S/C9H12ClFN2O.ClH/c10-5-1-2-6(11)9(14)8(5)7(13)3-4-12;/h1-2,7,14H,3-4,12-13H2;1H/t7-;/m1./s1. The smallest absolute Gasteiger partial charge is 0.165 e. The maximum atomic E-state index is 13.0. The Balaban J connectivity index is 0.00000196. The fourth-order valence-electron chi connectivity index (χ4n) is 1.23. The third-order valence-corrected chi connectivity index (χ3v) is 2.29. The molecule has 1 aromatic carbocycles. The molecule has 3 nitrogen and oxygen atoms in total.